The van der Waals surface area contributed by atoms with Gasteiger partial charge in [0.1, 0.15) is 5.69 Å². The van der Waals surface area contributed by atoms with Crippen molar-refractivity contribution in [3.8, 4) is 6.07 Å². The largest absolute Gasteiger partial charge is 0.375 e. The van der Waals surface area contributed by atoms with Gasteiger partial charge in [-0.3, -0.25) is 10.1 Å². The summed E-state index contributed by atoms with van der Waals surface area (Å²) in [5.41, 5.74) is 0.569. The Balaban J connectivity index is 3.13. The fourth-order valence-electron chi connectivity index (χ4n) is 1.92. The first-order valence-corrected chi connectivity index (χ1v) is 5.86. The minimum Gasteiger partial charge on any atom is -0.375 e. The quantitative estimate of drug-likeness (QED) is 0.638. The van der Waals surface area contributed by atoms with Gasteiger partial charge in [-0.25, -0.2) is 0 Å². The van der Waals surface area contributed by atoms with E-state index in [1.165, 1.54) is 18.2 Å². The summed E-state index contributed by atoms with van der Waals surface area (Å²) in [6, 6.07) is 6.33. The molecule has 0 atom stereocenters. The van der Waals surface area contributed by atoms with Gasteiger partial charge < -0.3 is 5.32 Å². The predicted octanol–water partition coefficient (Wildman–Crippen LogP) is 3.46. The van der Waals surface area contributed by atoms with E-state index in [0.717, 1.165) is 12.8 Å². The van der Waals surface area contributed by atoms with Gasteiger partial charge in [-0.2, -0.15) is 5.26 Å². The lowest BCUT2D eigenvalue weighted by Crippen LogP contribution is -2.30. The molecule has 0 spiro atoms. The zero-order valence-corrected chi connectivity index (χ0v) is 10.9. The Labute approximate surface area is 107 Å². The lowest BCUT2D eigenvalue weighted by molar-refractivity contribution is -0.384. The number of nitriles is 1. The van der Waals surface area contributed by atoms with E-state index in [0.29, 0.717) is 11.3 Å². The monoisotopic (exact) mass is 247 g/mol. The van der Waals surface area contributed by atoms with E-state index in [2.05, 4.69) is 12.2 Å². The van der Waals surface area contributed by atoms with Crippen LogP contribution in [0.3, 0.4) is 0 Å². The molecule has 0 aliphatic heterocycles. The molecule has 0 saturated carbocycles. The van der Waals surface area contributed by atoms with Crippen LogP contribution in [0.1, 0.15) is 39.2 Å². The van der Waals surface area contributed by atoms with Crippen LogP contribution in [0.4, 0.5) is 11.4 Å². The number of nitro benzene ring substituents is 1. The Morgan fingerprint density at radius 2 is 2.17 bits per heavy atom. The van der Waals surface area contributed by atoms with Crippen molar-refractivity contribution in [2.24, 2.45) is 0 Å². The fourth-order valence-corrected chi connectivity index (χ4v) is 1.92. The van der Waals surface area contributed by atoms with E-state index in [1.54, 1.807) is 0 Å². The summed E-state index contributed by atoms with van der Waals surface area (Å²) in [4.78, 5) is 10.5. The van der Waals surface area contributed by atoms with Crippen LogP contribution in [0.15, 0.2) is 18.2 Å². The van der Waals surface area contributed by atoms with Gasteiger partial charge in [-0.15, -0.1) is 0 Å². The number of benzene rings is 1. The summed E-state index contributed by atoms with van der Waals surface area (Å²) in [6.45, 7) is 6.03. The van der Waals surface area contributed by atoms with E-state index in [-0.39, 0.29) is 11.2 Å². The molecule has 96 valence electrons. The molecule has 1 rings (SSSR count). The number of anilines is 1. The zero-order valence-electron chi connectivity index (χ0n) is 10.9. The summed E-state index contributed by atoms with van der Waals surface area (Å²) in [5.74, 6) is 0. The van der Waals surface area contributed by atoms with Crippen molar-refractivity contribution in [2.45, 2.75) is 39.2 Å². The Kier molecular flexibility index (Phi) is 4.27. The SMILES string of the molecule is CCCC(C)(C)Nc1cc(C#N)ccc1[N+](=O)[O-]. The Morgan fingerprint density at radius 1 is 1.50 bits per heavy atom. The minimum absolute atomic E-state index is 0.00169. The molecule has 5 nitrogen and oxygen atoms in total. The lowest BCUT2D eigenvalue weighted by atomic mass is 9.98. The first-order valence-electron chi connectivity index (χ1n) is 5.86. The van der Waals surface area contributed by atoms with Crippen molar-refractivity contribution >= 4 is 11.4 Å². The second-order valence-corrected chi connectivity index (χ2v) is 4.86. The Hall–Kier alpha value is -2.09. The zero-order chi connectivity index (χ0) is 13.8. The number of hydrogen-bond acceptors (Lipinski definition) is 4. The molecule has 0 fully saturated rings. The summed E-state index contributed by atoms with van der Waals surface area (Å²) in [7, 11) is 0. The highest BCUT2D eigenvalue weighted by Gasteiger charge is 2.22. The molecular weight excluding hydrogens is 230 g/mol. The minimum atomic E-state index is -0.439. The molecule has 0 amide bonds. The molecule has 0 aromatic heterocycles. The molecule has 5 heteroatoms. The molecule has 18 heavy (non-hydrogen) atoms. The topological polar surface area (TPSA) is 79.0 Å². The van der Waals surface area contributed by atoms with Gasteiger partial charge >= 0.3 is 0 Å². The van der Waals surface area contributed by atoms with E-state index >= 15 is 0 Å². The van der Waals surface area contributed by atoms with Gasteiger partial charge in [0, 0.05) is 11.6 Å². The molecule has 1 aromatic rings. The van der Waals surface area contributed by atoms with Crippen molar-refractivity contribution < 1.29 is 4.92 Å². The predicted molar refractivity (Wildman–Crippen MR) is 70.4 cm³/mol. The smallest absolute Gasteiger partial charge is 0.292 e. The molecule has 0 unspecified atom stereocenters. The highest BCUT2D eigenvalue weighted by Crippen LogP contribution is 2.29. The summed E-state index contributed by atoms with van der Waals surface area (Å²) in [5, 5.41) is 22.9. The maximum atomic E-state index is 10.9. The molecule has 1 aromatic carbocycles. The van der Waals surface area contributed by atoms with Crippen LogP contribution in [0.2, 0.25) is 0 Å². The van der Waals surface area contributed by atoms with Gasteiger partial charge in [0.15, 0.2) is 0 Å². The van der Waals surface area contributed by atoms with Gasteiger partial charge in [0.2, 0.25) is 0 Å². The van der Waals surface area contributed by atoms with Crippen molar-refractivity contribution in [2.75, 3.05) is 5.32 Å². The van der Waals surface area contributed by atoms with E-state index in [4.69, 9.17) is 5.26 Å². The van der Waals surface area contributed by atoms with Crippen LogP contribution in [0.5, 0.6) is 0 Å². The second-order valence-electron chi connectivity index (χ2n) is 4.86. The number of rotatable bonds is 5. The highest BCUT2D eigenvalue weighted by molar-refractivity contribution is 5.65. The van der Waals surface area contributed by atoms with Gasteiger partial charge in [0.05, 0.1) is 16.6 Å². The third-order valence-electron chi connectivity index (χ3n) is 2.67. The van der Waals surface area contributed by atoms with E-state index in [1.807, 2.05) is 19.9 Å². The van der Waals surface area contributed by atoms with Gasteiger partial charge in [-0.1, -0.05) is 13.3 Å². The normalized spacial score (nSPS) is 10.8. The molecule has 0 aliphatic carbocycles. The maximum absolute atomic E-state index is 10.9. The van der Waals surface area contributed by atoms with Crippen LogP contribution in [0.25, 0.3) is 0 Å². The van der Waals surface area contributed by atoms with Gasteiger partial charge in [0.25, 0.3) is 5.69 Å². The first kappa shape index (κ1) is 14.0. The average Bonchev–Trinajstić information content (AvgIpc) is 2.27. The first-order chi connectivity index (χ1) is 8.39. The molecule has 0 bridgehead atoms. The van der Waals surface area contributed by atoms with Crippen molar-refractivity contribution in [3.63, 3.8) is 0 Å². The average molecular weight is 247 g/mol. The second kappa shape index (κ2) is 5.50. The van der Waals surface area contributed by atoms with Crippen molar-refractivity contribution in [3.05, 3.63) is 33.9 Å². The number of hydrogen-bond donors (Lipinski definition) is 1. The molecule has 0 radical (unpaired) electrons. The number of nitro groups is 1. The van der Waals surface area contributed by atoms with Gasteiger partial charge in [-0.05, 0) is 32.4 Å². The third-order valence-corrected chi connectivity index (χ3v) is 2.67. The van der Waals surface area contributed by atoms with Crippen LogP contribution < -0.4 is 5.32 Å². The lowest BCUT2D eigenvalue weighted by Gasteiger charge is -2.26. The number of nitrogens with zero attached hydrogens (tertiary/aromatic N) is 2. The Morgan fingerprint density at radius 3 is 2.67 bits per heavy atom. The van der Waals surface area contributed by atoms with E-state index < -0.39 is 4.92 Å². The van der Waals surface area contributed by atoms with Crippen molar-refractivity contribution in [1.82, 2.24) is 0 Å². The van der Waals surface area contributed by atoms with Crippen LogP contribution in [0, 0.1) is 21.4 Å². The summed E-state index contributed by atoms with van der Waals surface area (Å²) >= 11 is 0. The van der Waals surface area contributed by atoms with Crippen LogP contribution in [-0.2, 0) is 0 Å². The van der Waals surface area contributed by atoms with Crippen molar-refractivity contribution in [1.29, 1.82) is 5.26 Å². The van der Waals surface area contributed by atoms with Crippen LogP contribution in [-0.4, -0.2) is 10.5 Å². The molecule has 0 saturated heterocycles. The molecular formula is C13H17N3O2. The standard InChI is InChI=1S/C13H17N3O2/c1-4-7-13(2,3)15-11-8-10(9-14)5-6-12(11)16(17)18/h5-6,8,15H,4,7H2,1-3H3. The fraction of sp³-hybridized carbons (Fsp3) is 0.462. The van der Waals surface area contributed by atoms with Crippen LogP contribution >= 0.6 is 0 Å². The number of nitrogens with one attached hydrogen (secondary N) is 1. The van der Waals surface area contributed by atoms with E-state index in [9.17, 15) is 10.1 Å². The summed E-state index contributed by atoms with van der Waals surface area (Å²) in [6.07, 6.45) is 1.87. The Bertz CT molecular complexity index is 489. The summed E-state index contributed by atoms with van der Waals surface area (Å²) < 4.78 is 0. The maximum Gasteiger partial charge on any atom is 0.292 e. The molecule has 0 heterocycles. The molecule has 1 N–H and O–H groups in total. The molecule has 0 aliphatic rings. The highest BCUT2D eigenvalue weighted by atomic mass is 16.6. The third kappa shape index (κ3) is 3.45.